The maximum absolute atomic E-state index is 8.49. The van der Waals surface area contributed by atoms with Gasteiger partial charge in [0.2, 0.25) is 0 Å². The second kappa shape index (κ2) is 10.9. The first-order chi connectivity index (χ1) is 3.73. The van der Waals surface area contributed by atoms with Crippen LogP contribution in [0.15, 0.2) is 0 Å². The summed E-state index contributed by atoms with van der Waals surface area (Å²) in [6.07, 6.45) is 0. The zero-order valence-electron chi connectivity index (χ0n) is 5.68. The third-order valence-corrected chi connectivity index (χ3v) is 0. The minimum Gasteiger partial charge on any atom is -0.369 e. The van der Waals surface area contributed by atoms with Gasteiger partial charge in [-0.05, 0) is 0 Å². The Morgan fingerprint density at radius 3 is 1.00 bits per heavy atom. The van der Waals surface area contributed by atoms with Gasteiger partial charge in [-0.2, -0.15) is 0 Å². The molecule has 0 heterocycles. The average Bonchev–Trinajstić information content (AvgIpc) is 1.19. The van der Waals surface area contributed by atoms with Crippen LogP contribution in [-0.4, -0.2) is 5.09 Å². The molecule has 0 unspecified atom stereocenters. The van der Waals surface area contributed by atoms with Crippen LogP contribution in [0.4, 0.5) is 0 Å². The van der Waals surface area contributed by atoms with Crippen LogP contribution in [0.3, 0.4) is 0 Å². The minimum atomic E-state index is -4.94. The predicted molar refractivity (Wildman–Crippen MR) is 16.3 cm³/mol. The largest absolute Gasteiger partial charge is 1.00 e. The van der Waals surface area contributed by atoms with E-state index < -0.39 is 15.3 Å². The molecule has 9 nitrogen and oxygen atoms in total. The molecule has 11 heteroatoms. The smallest absolute Gasteiger partial charge is 0.369 e. The summed E-state index contributed by atoms with van der Waals surface area (Å²) in [7, 11) is -4.94. The van der Waals surface area contributed by atoms with Gasteiger partial charge in [0.05, 0.1) is 5.09 Å². The fourth-order valence-corrected chi connectivity index (χ4v) is 0. The molecular formula is H4ClKN2O7. The van der Waals surface area contributed by atoms with Gasteiger partial charge >= 0.3 is 51.4 Å². The van der Waals surface area contributed by atoms with Crippen LogP contribution >= 0.6 is 0 Å². The Morgan fingerprint density at radius 1 is 1.00 bits per heavy atom. The fraction of sp³-hybridized carbons (Fsp3) is 0. The second-order valence-electron chi connectivity index (χ2n) is 0.602. The summed E-state index contributed by atoms with van der Waals surface area (Å²) in [5, 5.41) is 14.8. The molecule has 0 atom stereocenters. The van der Waals surface area contributed by atoms with E-state index in [-0.39, 0.29) is 57.5 Å². The van der Waals surface area contributed by atoms with Crippen molar-refractivity contribution >= 4 is 0 Å². The fourth-order valence-electron chi connectivity index (χ4n) is 0. The number of halogens is 1. The average molecular weight is 219 g/mol. The van der Waals surface area contributed by atoms with Gasteiger partial charge in [0, 0.05) is 0 Å². The number of rotatable bonds is 0. The normalized spacial score (nSPS) is 7.64. The molecule has 0 spiro atoms. The van der Waals surface area contributed by atoms with E-state index in [1.165, 1.54) is 0 Å². The molecular weight excluding hydrogens is 215 g/mol. The summed E-state index contributed by atoms with van der Waals surface area (Å²) < 4.78 is 34.0. The summed E-state index contributed by atoms with van der Waals surface area (Å²) in [5.74, 6) is 0. The number of hydrogen-bond donors (Lipinski definition) is 1. The summed E-state index contributed by atoms with van der Waals surface area (Å²) in [6.45, 7) is 0. The van der Waals surface area contributed by atoms with E-state index in [4.69, 9.17) is 34.0 Å². The Hall–Kier alpha value is 0.926. The van der Waals surface area contributed by atoms with E-state index in [9.17, 15) is 0 Å². The van der Waals surface area contributed by atoms with E-state index in [1.54, 1.807) is 0 Å². The molecule has 0 fully saturated rings. The zero-order valence-corrected chi connectivity index (χ0v) is 9.56. The van der Waals surface area contributed by atoms with E-state index >= 15 is 0 Å². The van der Waals surface area contributed by atoms with Gasteiger partial charge < -0.3 is 21.5 Å². The van der Waals surface area contributed by atoms with Gasteiger partial charge in [-0.25, -0.2) is 18.6 Å². The SMILES string of the molecule is O=[N+]([O-])[O-].[K+].[NH4+].[O-][Cl+3]([O-])([O-])[O-]. The number of nitrogens with zero attached hydrogens (tertiary/aromatic N) is 1. The second-order valence-corrected chi connectivity index (χ2v) is 1.36. The van der Waals surface area contributed by atoms with E-state index in [0.29, 0.717) is 0 Å². The van der Waals surface area contributed by atoms with Crippen LogP contribution in [0.1, 0.15) is 0 Å². The van der Waals surface area contributed by atoms with Gasteiger partial charge in [-0.1, -0.05) is 0 Å². The number of hydrogen-bond acceptors (Lipinski definition) is 7. The van der Waals surface area contributed by atoms with Crippen LogP contribution in [0.2, 0.25) is 0 Å². The van der Waals surface area contributed by atoms with Crippen molar-refractivity contribution in [3.63, 3.8) is 0 Å². The molecule has 0 rings (SSSR count). The first kappa shape index (κ1) is 22.7. The molecule has 0 aromatic rings. The van der Waals surface area contributed by atoms with Crippen LogP contribution in [0, 0.1) is 25.6 Å². The summed E-state index contributed by atoms with van der Waals surface area (Å²) in [5.41, 5.74) is 0. The topological polar surface area (TPSA) is 195 Å². The van der Waals surface area contributed by atoms with Crippen molar-refractivity contribution in [3.05, 3.63) is 15.3 Å². The third-order valence-electron chi connectivity index (χ3n) is 0. The molecule has 0 bridgehead atoms. The van der Waals surface area contributed by atoms with Gasteiger partial charge in [-0.3, -0.25) is 0 Å². The zero-order chi connectivity index (χ0) is 8.08. The molecule has 0 saturated heterocycles. The minimum absolute atomic E-state index is 0. The number of quaternary nitrogens is 1. The van der Waals surface area contributed by atoms with Gasteiger partial charge in [-0.15, -0.1) is 10.2 Å². The third kappa shape index (κ3) is 1010. The van der Waals surface area contributed by atoms with E-state index in [1.807, 2.05) is 0 Å². The van der Waals surface area contributed by atoms with Crippen molar-refractivity contribution in [2.24, 2.45) is 0 Å². The molecule has 11 heavy (non-hydrogen) atoms. The Morgan fingerprint density at radius 2 is 1.00 bits per heavy atom. The van der Waals surface area contributed by atoms with Gasteiger partial charge in [0.15, 0.2) is 0 Å². The molecule has 4 N–H and O–H groups in total. The molecule has 0 radical (unpaired) electrons. The molecule has 0 amide bonds. The Bertz CT molecular complexity index is 78.9. The molecule has 0 saturated carbocycles. The van der Waals surface area contributed by atoms with Crippen LogP contribution in [0.5, 0.6) is 0 Å². The molecule has 64 valence electrons. The van der Waals surface area contributed by atoms with E-state index in [2.05, 4.69) is 0 Å². The standard InChI is InChI=1S/ClHO4.K.NO3.H3N/c2-1(3,4)5;;2-1(3)4;/h(H,2,3,4,5);;;1H3/q;+1;-1;. The Balaban J connectivity index is -0.0000000383. The monoisotopic (exact) mass is 218 g/mol. The maximum Gasteiger partial charge on any atom is 1.00 e. The Kier molecular flexibility index (Phi) is 22.5. The predicted octanol–water partition coefficient (Wildman–Crippen LogP) is -7.61. The van der Waals surface area contributed by atoms with Crippen molar-refractivity contribution in [1.29, 1.82) is 0 Å². The summed E-state index contributed by atoms with van der Waals surface area (Å²) >= 11 is 0. The van der Waals surface area contributed by atoms with Crippen LogP contribution < -0.4 is 76.2 Å². The van der Waals surface area contributed by atoms with Crippen molar-refractivity contribution in [2.45, 2.75) is 0 Å². The molecule has 0 aliphatic rings. The molecule has 0 aliphatic heterocycles. The quantitative estimate of drug-likeness (QED) is 0.236. The Labute approximate surface area is 105 Å². The van der Waals surface area contributed by atoms with Crippen molar-refractivity contribution in [3.8, 4) is 0 Å². The van der Waals surface area contributed by atoms with Crippen LogP contribution in [0.25, 0.3) is 0 Å². The van der Waals surface area contributed by atoms with E-state index in [0.717, 1.165) is 0 Å². The van der Waals surface area contributed by atoms with Crippen LogP contribution in [-0.2, 0) is 0 Å². The summed E-state index contributed by atoms with van der Waals surface area (Å²) in [4.78, 5) is 8.25. The molecule has 0 aromatic carbocycles. The van der Waals surface area contributed by atoms with Crippen molar-refractivity contribution < 1.29 is 85.4 Å². The summed E-state index contributed by atoms with van der Waals surface area (Å²) in [6, 6.07) is 0. The first-order valence-electron chi connectivity index (χ1n) is 1.16. The first-order valence-corrected chi connectivity index (χ1v) is 2.40. The van der Waals surface area contributed by atoms with Gasteiger partial charge in [0.25, 0.3) is 0 Å². The maximum atomic E-state index is 8.49. The van der Waals surface area contributed by atoms with Gasteiger partial charge in [0.1, 0.15) is 0 Å². The van der Waals surface area contributed by atoms with Crippen molar-refractivity contribution in [2.75, 3.05) is 0 Å². The molecule has 0 aromatic heterocycles. The van der Waals surface area contributed by atoms with Crippen molar-refractivity contribution in [1.82, 2.24) is 6.15 Å². The molecule has 0 aliphatic carbocycles.